The molecule has 8 heteroatoms. The van der Waals surface area contributed by atoms with E-state index in [1.54, 1.807) is 30.5 Å². The number of imidazole rings is 1. The molecule has 4 rings (SSSR count). The van der Waals surface area contributed by atoms with Crippen molar-refractivity contribution in [3.8, 4) is 11.4 Å². The van der Waals surface area contributed by atoms with E-state index in [4.69, 9.17) is 16.1 Å². The molecular formula is C21H18ClN5O2. The molecule has 4 aromatic rings. The summed E-state index contributed by atoms with van der Waals surface area (Å²) in [5, 5.41) is 7.36. The van der Waals surface area contributed by atoms with E-state index in [1.165, 1.54) is 0 Å². The molecule has 1 amide bonds. The molecule has 0 fully saturated rings. The largest absolute Gasteiger partial charge is 0.343 e. The van der Waals surface area contributed by atoms with Crippen LogP contribution in [0.25, 0.3) is 11.4 Å². The Bertz CT molecular complexity index is 1120. The van der Waals surface area contributed by atoms with Crippen molar-refractivity contribution in [1.29, 1.82) is 0 Å². The average Bonchev–Trinajstić information content (AvgIpc) is 3.37. The second-order valence-corrected chi connectivity index (χ2v) is 6.94. The molecule has 0 aliphatic rings. The number of aromatic nitrogens is 4. The van der Waals surface area contributed by atoms with E-state index in [-0.39, 0.29) is 12.5 Å². The van der Waals surface area contributed by atoms with Gasteiger partial charge in [-0.3, -0.25) is 4.79 Å². The van der Waals surface area contributed by atoms with Gasteiger partial charge in [-0.2, -0.15) is 4.98 Å². The van der Waals surface area contributed by atoms with E-state index in [2.05, 4.69) is 20.4 Å². The molecule has 2 aromatic carbocycles. The zero-order valence-electron chi connectivity index (χ0n) is 15.7. The number of nitrogens with one attached hydrogen (secondary N) is 1. The topological polar surface area (TPSA) is 85.8 Å². The molecule has 1 N–H and O–H groups in total. The van der Waals surface area contributed by atoms with Crippen LogP contribution >= 0.6 is 11.6 Å². The maximum atomic E-state index is 12.4. The SMILES string of the molecule is Cc1nccn1Cc1ccc(C(=O)NCc2nc(-c3ccc(Cl)cc3)no2)cc1. The van der Waals surface area contributed by atoms with Gasteiger partial charge in [-0.1, -0.05) is 28.9 Å². The number of nitrogens with zero attached hydrogens (tertiary/aromatic N) is 4. The van der Waals surface area contributed by atoms with Gasteiger partial charge in [0, 0.05) is 35.1 Å². The lowest BCUT2D eigenvalue weighted by Gasteiger charge is -2.07. The van der Waals surface area contributed by atoms with Gasteiger partial charge in [-0.15, -0.1) is 0 Å². The maximum Gasteiger partial charge on any atom is 0.251 e. The predicted octanol–water partition coefficient (Wildman–Crippen LogP) is 3.87. The highest BCUT2D eigenvalue weighted by atomic mass is 35.5. The van der Waals surface area contributed by atoms with Crippen LogP contribution in [-0.2, 0) is 13.1 Å². The smallest absolute Gasteiger partial charge is 0.251 e. The summed E-state index contributed by atoms with van der Waals surface area (Å²) in [6.07, 6.45) is 3.70. The number of rotatable bonds is 6. The lowest BCUT2D eigenvalue weighted by atomic mass is 10.1. The Morgan fingerprint density at radius 1 is 1.14 bits per heavy atom. The highest BCUT2D eigenvalue weighted by Crippen LogP contribution is 2.18. The molecule has 0 saturated heterocycles. The third kappa shape index (κ3) is 4.52. The number of benzene rings is 2. The monoisotopic (exact) mass is 407 g/mol. The van der Waals surface area contributed by atoms with Gasteiger partial charge in [-0.05, 0) is 48.9 Å². The first-order chi connectivity index (χ1) is 14.1. The molecule has 0 unspecified atom stereocenters. The molecule has 29 heavy (non-hydrogen) atoms. The van der Waals surface area contributed by atoms with Crippen LogP contribution in [0.15, 0.2) is 65.4 Å². The van der Waals surface area contributed by atoms with Crippen molar-refractivity contribution in [2.24, 2.45) is 0 Å². The van der Waals surface area contributed by atoms with Crippen LogP contribution in [0.3, 0.4) is 0 Å². The zero-order chi connectivity index (χ0) is 20.2. The molecule has 2 heterocycles. The summed E-state index contributed by atoms with van der Waals surface area (Å²) in [5.41, 5.74) is 2.44. The fourth-order valence-electron chi connectivity index (χ4n) is 2.83. The van der Waals surface area contributed by atoms with Gasteiger partial charge in [0.15, 0.2) is 0 Å². The molecule has 7 nitrogen and oxygen atoms in total. The second-order valence-electron chi connectivity index (χ2n) is 6.50. The van der Waals surface area contributed by atoms with Crippen molar-refractivity contribution in [2.45, 2.75) is 20.0 Å². The molecule has 0 saturated carbocycles. The molecule has 0 atom stereocenters. The predicted molar refractivity (Wildman–Crippen MR) is 108 cm³/mol. The van der Waals surface area contributed by atoms with E-state index < -0.39 is 0 Å². The van der Waals surface area contributed by atoms with Gasteiger partial charge in [-0.25, -0.2) is 4.98 Å². The highest BCUT2D eigenvalue weighted by molar-refractivity contribution is 6.30. The quantitative estimate of drug-likeness (QED) is 0.524. The Morgan fingerprint density at radius 2 is 1.90 bits per heavy atom. The Labute approximate surface area is 172 Å². The Morgan fingerprint density at radius 3 is 2.59 bits per heavy atom. The summed E-state index contributed by atoms with van der Waals surface area (Å²) >= 11 is 5.88. The normalized spacial score (nSPS) is 10.8. The van der Waals surface area contributed by atoms with Crippen molar-refractivity contribution in [1.82, 2.24) is 25.0 Å². The van der Waals surface area contributed by atoms with Gasteiger partial charge in [0.1, 0.15) is 5.82 Å². The number of hydrogen-bond donors (Lipinski definition) is 1. The van der Waals surface area contributed by atoms with Gasteiger partial charge in [0.2, 0.25) is 11.7 Å². The number of hydrogen-bond acceptors (Lipinski definition) is 5. The van der Waals surface area contributed by atoms with Crippen LogP contribution in [0, 0.1) is 6.92 Å². The molecule has 0 spiro atoms. The van der Waals surface area contributed by atoms with Crippen LogP contribution in [0.1, 0.15) is 27.6 Å². The minimum Gasteiger partial charge on any atom is -0.343 e. The zero-order valence-corrected chi connectivity index (χ0v) is 16.4. The minimum atomic E-state index is -0.207. The van der Waals surface area contributed by atoms with E-state index >= 15 is 0 Å². The standard InChI is InChI=1S/C21H18ClN5O2/c1-14-23-10-11-27(14)13-15-2-4-17(5-3-15)21(28)24-12-19-25-20(26-29-19)16-6-8-18(22)9-7-16/h2-11H,12-13H2,1H3,(H,24,28). The first-order valence-corrected chi connectivity index (χ1v) is 9.40. The molecule has 146 valence electrons. The van der Waals surface area contributed by atoms with Gasteiger partial charge >= 0.3 is 0 Å². The Balaban J connectivity index is 1.35. The van der Waals surface area contributed by atoms with E-state index in [1.807, 2.05) is 42.0 Å². The van der Waals surface area contributed by atoms with Gasteiger partial charge in [0.05, 0.1) is 6.54 Å². The van der Waals surface area contributed by atoms with E-state index in [0.29, 0.717) is 28.8 Å². The van der Waals surface area contributed by atoms with Crippen molar-refractivity contribution < 1.29 is 9.32 Å². The van der Waals surface area contributed by atoms with Crippen LogP contribution in [-0.4, -0.2) is 25.6 Å². The molecule has 2 aromatic heterocycles. The number of amides is 1. The maximum absolute atomic E-state index is 12.4. The lowest BCUT2D eigenvalue weighted by molar-refractivity contribution is 0.0946. The summed E-state index contributed by atoms with van der Waals surface area (Å²) < 4.78 is 7.25. The van der Waals surface area contributed by atoms with Gasteiger partial charge < -0.3 is 14.4 Å². The van der Waals surface area contributed by atoms with Crippen molar-refractivity contribution >= 4 is 17.5 Å². The Kier molecular flexibility index (Phi) is 5.39. The second kappa shape index (κ2) is 8.28. The molecule has 0 bridgehead atoms. The summed E-state index contributed by atoms with van der Waals surface area (Å²) in [5.74, 6) is 1.52. The van der Waals surface area contributed by atoms with Crippen LogP contribution in [0.2, 0.25) is 5.02 Å². The van der Waals surface area contributed by atoms with Crippen molar-refractivity contribution in [3.05, 3.63) is 88.8 Å². The van der Waals surface area contributed by atoms with Crippen LogP contribution < -0.4 is 5.32 Å². The van der Waals surface area contributed by atoms with Crippen molar-refractivity contribution in [2.75, 3.05) is 0 Å². The molecule has 0 radical (unpaired) electrons. The summed E-state index contributed by atoms with van der Waals surface area (Å²) in [6, 6.07) is 14.6. The third-order valence-corrected chi connectivity index (χ3v) is 4.72. The van der Waals surface area contributed by atoms with E-state index in [0.717, 1.165) is 17.0 Å². The Hall–Kier alpha value is -3.45. The first kappa shape index (κ1) is 18.9. The highest BCUT2D eigenvalue weighted by Gasteiger charge is 2.11. The fraction of sp³-hybridized carbons (Fsp3) is 0.143. The lowest BCUT2D eigenvalue weighted by Crippen LogP contribution is -2.22. The number of carbonyl (C=O) groups is 1. The summed E-state index contributed by atoms with van der Waals surface area (Å²) in [7, 11) is 0. The van der Waals surface area contributed by atoms with E-state index in [9.17, 15) is 4.79 Å². The van der Waals surface area contributed by atoms with Crippen LogP contribution in [0.4, 0.5) is 0 Å². The fourth-order valence-corrected chi connectivity index (χ4v) is 2.96. The van der Waals surface area contributed by atoms with Crippen molar-refractivity contribution in [3.63, 3.8) is 0 Å². The summed E-state index contributed by atoms with van der Waals surface area (Å²) in [4.78, 5) is 20.9. The number of halogens is 1. The summed E-state index contributed by atoms with van der Waals surface area (Å²) in [6.45, 7) is 2.82. The molecule has 0 aliphatic heterocycles. The number of carbonyl (C=O) groups excluding carboxylic acids is 1. The van der Waals surface area contributed by atoms with Crippen LogP contribution in [0.5, 0.6) is 0 Å². The molecule has 0 aliphatic carbocycles. The minimum absolute atomic E-state index is 0.148. The number of aryl methyl sites for hydroxylation is 1. The van der Waals surface area contributed by atoms with Gasteiger partial charge in [0.25, 0.3) is 5.91 Å². The third-order valence-electron chi connectivity index (χ3n) is 4.46. The first-order valence-electron chi connectivity index (χ1n) is 9.02. The average molecular weight is 408 g/mol. The molecular weight excluding hydrogens is 390 g/mol.